The van der Waals surface area contributed by atoms with Crippen molar-refractivity contribution in [1.29, 1.82) is 0 Å². The predicted molar refractivity (Wildman–Crippen MR) is 215 cm³/mol. The van der Waals surface area contributed by atoms with Gasteiger partial charge in [0.2, 0.25) is 5.91 Å². The minimum absolute atomic E-state index is 0.0109. The number of nitrogens with one attached hydrogen (secondary N) is 1. The van der Waals surface area contributed by atoms with Crippen molar-refractivity contribution >= 4 is 13.7 Å². The van der Waals surface area contributed by atoms with Crippen molar-refractivity contribution in [3.05, 3.63) is 36.5 Å². The summed E-state index contributed by atoms with van der Waals surface area (Å²) in [4.78, 5) is 24.4. The number of rotatable bonds is 37. The number of likely N-dealkylation sites (N-methyl/N-ethyl adjacent to an activating group) is 1. The largest absolute Gasteiger partial charge is 0.756 e. The minimum Gasteiger partial charge on any atom is -0.756 e. The van der Waals surface area contributed by atoms with Gasteiger partial charge in [0, 0.05) is 6.42 Å². The highest BCUT2D eigenvalue weighted by atomic mass is 31.2. The van der Waals surface area contributed by atoms with E-state index in [1.54, 1.807) is 6.08 Å². The van der Waals surface area contributed by atoms with Gasteiger partial charge in [0.1, 0.15) is 13.2 Å². The predicted octanol–water partition coefficient (Wildman–Crippen LogP) is 10.5. The molecule has 0 aliphatic rings. The molecule has 0 saturated heterocycles. The Balaban J connectivity index is 3.92. The van der Waals surface area contributed by atoms with Crippen molar-refractivity contribution in [3.8, 4) is 0 Å². The number of hydrogen-bond acceptors (Lipinski definition) is 6. The average Bonchev–Trinajstić information content (AvgIpc) is 3.07. The normalized spacial score (nSPS) is 14.9. The van der Waals surface area contributed by atoms with Crippen molar-refractivity contribution in [1.82, 2.24) is 5.32 Å². The maximum Gasteiger partial charge on any atom is 0.268 e. The highest BCUT2D eigenvalue weighted by Crippen LogP contribution is 2.38. The summed E-state index contributed by atoms with van der Waals surface area (Å²) in [7, 11) is 1.22. The molecule has 0 rings (SSSR count). The maximum absolute atomic E-state index is 12.2. The third-order valence-corrected chi connectivity index (χ3v) is 10.0. The van der Waals surface area contributed by atoms with Crippen LogP contribution in [0.15, 0.2) is 36.5 Å². The van der Waals surface area contributed by atoms with Crippen molar-refractivity contribution < 1.29 is 32.9 Å². The lowest BCUT2D eigenvalue weighted by molar-refractivity contribution is -0.870. The van der Waals surface area contributed by atoms with E-state index < -0.39 is 26.6 Å². The summed E-state index contributed by atoms with van der Waals surface area (Å²) in [6, 6.07) is -0.902. The summed E-state index contributed by atoms with van der Waals surface area (Å²) in [5.74, 6) is -0.266. The second-order valence-corrected chi connectivity index (χ2v) is 16.7. The Labute approximate surface area is 315 Å². The number of unbranched alkanes of at least 4 members (excludes halogenated alkanes) is 20. The highest BCUT2D eigenvalue weighted by Gasteiger charge is 2.22. The molecule has 0 aliphatic heterocycles. The molecule has 3 unspecified atom stereocenters. The number of aliphatic hydroxyl groups is 1. The number of quaternary nitrogens is 1. The standard InChI is InChI=1S/C42H81N2O6P/c1-6-8-9-10-11-12-13-14-15-16-17-18-19-20-21-22-23-24-25-26-27-28-29-30-31-32-33-34-36-41(45)40(43-42(46)35-7-2)39-50-51(47,48)49-38-37-44(3,4)5/h26-27,30-31,34,36,40-41,45H,6-25,28-29,32-33,35,37-39H2,1-5H3,(H-,43,46,47,48)/b27-26+,31-30+,36-34+. The Morgan fingerprint density at radius 3 is 1.55 bits per heavy atom. The molecular weight excluding hydrogens is 659 g/mol. The summed E-state index contributed by atoms with van der Waals surface area (Å²) in [6.45, 7) is 4.24. The number of nitrogens with zero attached hydrogens (tertiary/aromatic N) is 1. The van der Waals surface area contributed by atoms with E-state index in [0.29, 0.717) is 17.4 Å². The smallest absolute Gasteiger partial charge is 0.268 e. The number of amides is 1. The number of allylic oxidation sites excluding steroid dienone is 5. The molecule has 9 heteroatoms. The van der Waals surface area contributed by atoms with Crippen LogP contribution in [0.2, 0.25) is 0 Å². The number of carbonyl (C=O) groups excluding carboxylic acids is 1. The zero-order valence-electron chi connectivity index (χ0n) is 33.8. The molecule has 0 saturated carbocycles. The van der Waals surface area contributed by atoms with Crippen LogP contribution in [0, 0.1) is 0 Å². The number of aliphatic hydroxyl groups excluding tert-OH is 1. The van der Waals surface area contributed by atoms with Crippen LogP contribution in [0.25, 0.3) is 0 Å². The maximum atomic E-state index is 12.2. The molecule has 3 atom stereocenters. The van der Waals surface area contributed by atoms with Gasteiger partial charge in [0.15, 0.2) is 0 Å². The number of phosphoric acid groups is 1. The van der Waals surface area contributed by atoms with E-state index in [1.165, 1.54) is 122 Å². The van der Waals surface area contributed by atoms with Crippen LogP contribution < -0.4 is 10.2 Å². The second-order valence-electron chi connectivity index (χ2n) is 15.3. The third-order valence-electron chi connectivity index (χ3n) is 9.05. The van der Waals surface area contributed by atoms with Gasteiger partial charge in [-0.2, -0.15) is 0 Å². The Morgan fingerprint density at radius 2 is 1.10 bits per heavy atom. The average molecular weight is 741 g/mol. The number of carbonyl (C=O) groups is 1. The monoisotopic (exact) mass is 741 g/mol. The van der Waals surface area contributed by atoms with Crippen LogP contribution in [-0.4, -0.2) is 68.5 Å². The van der Waals surface area contributed by atoms with Crippen molar-refractivity contribution in [2.45, 2.75) is 187 Å². The van der Waals surface area contributed by atoms with Gasteiger partial charge in [-0.3, -0.25) is 9.36 Å². The molecule has 51 heavy (non-hydrogen) atoms. The Morgan fingerprint density at radius 1 is 0.667 bits per heavy atom. The van der Waals surface area contributed by atoms with Crippen LogP contribution in [-0.2, 0) is 18.4 Å². The molecule has 300 valence electrons. The van der Waals surface area contributed by atoms with Gasteiger partial charge < -0.3 is 28.8 Å². The van der Waals surface area contributed by atoms with Crippen LogP contribution >= 0.6 is 7.82 Å². The van der Waals surface area contributed by atoms with Crippen LogP contribution in [0.1, 0.15) is 174 Å². The summed E-state index contributed by atoms with van der Waals surface area (Å²) in [5.41, 5.74) is 0. The lowest BCUT2D eigenvalue weighted by atomic mass is 10.0. The second kappa shape index (κ2) is 34.5. The van der Waals surface area contributed by atoms with Crippen molar-refractivity contribution in [3.63, 3.8) is 0 Å². The Hall–Kier alpha value is -1.28. The molecule has 0 aliphatic carbocycles. The molecule has 2 N–H and O–H groups in total. The summed E-state index contributed by atoms with van der Waals surface area (Å²) in [5, 5.41) is 13.3. The van der Waals surface area contributed by atoms with E-state index in [-0.39, 0.29) is 18.9 Å². The van der Waals surface area contributed by atoms with Gasteiger partial charge in [-0.15, -0.1) is 0 Å². The fourth-order valence-corrected chi connectivity index (χ4v) is 6.48. The van der Waals surface area contributed by atoms with E-state index >= 15 is 0 Å². The van der Waals surface area contributed by atoms with E-state index in [9.17, 15) is 19.4 Å². The number of hydrogen-bond donors (Lipinski definition) is 2. The molecule has 8 nitrogen and oxygen atoms in total. The first-order chi connectivity index (χ1) is 24.5. The third kappa shape index (κ3) is 36.9. The molecule has 0 spiro atoms. The molecule has 0 bridgehead atoms. The fourth-order valence-electron chi connectivity index (χ4n) is 5.76. The first-order valence-corrected chi connectivity index (χ1v) is 22.3. The zero-order valence-corrected chi connectivity index (χ0v) is 34.7. The van der Waals surface area contributed by atoms with Crippen molar-refractivity contribution in [2.75, 3.05) is 40.9 Å². The van der Waals surface area contributed by atoms with Gasteiger partial charge in [-0.1, -0.05) is 159 Å². The zero-order chi connectivity index (χ0) is 37.9. The molecular formula is C42H81N2O6P. The van der Waals surface area contributed by atoms with Gasteiger partial charge in [0.05, 0.1) is 39.9 Å². The summed E-state index contributed by atoms with van der Waals surface area (Å²) >= 11 is 0. The highest BCUT2D eigenvalue weighted by molar-refractivity contribution is 7.45. The van der Waals surface area contributed by atoms with Crippen LogP contribution in [0.5, 0.6) is 0 Å². The Kier molecular flexibility index (Phi) is 33.6. The summed E-state index contributed by atoms with van der Waals surface area (Å²) in [6.07, 6.45) is 42.4. The molecule has 0 aromatic rings. The first kappa shape index (κ1) is 49.7. The fraction of sp³-hybridized carbons (Fsp3) is 0.833. The molecule has 0 fully saturated rings. The van der Waals surface area contributed by atoms with Crippen LogP contribution in [0.3, 0.4) is 0 Å². The SMILES string of the molecule is CCCCCCCCCCCCCCCCCCCC/C=C/CC/C=C/CC/C=C/C(O)C(COP(=O)([O-])OCC[N+](C)(C)C)NC(=O)CCC. The van der Waals surface area contributed by atoms with E-state index in [2.05, 4.69) is 36.5 Å². The quantitative estimate of drug-likeness (QED) is 0.0284. The van der Waals surface area contributed by atoms with Gasteiger partial charge in [-0.05, 0) is 44.9 Å². The number of phosphoric ester groups is 1. The molecule has 0 heterocycles. The van der Waals surface area contributed by atoms with Gasteiger partial charge in [0.25, 0.3) is 7.82 Å². The topological polar surface area (TPSA) is 108 Å². The van der Waals surface area contributed by atoms with Gasteiger partial charge in [-0.25, -0.2) is 0 Å². The van der Waals surface area contributed by atoms with E-state index in [0.717, 1.165) is 25.7 Å². The lowest BCUT2D eigenvalue weighted by Gasteiger charge is -2.29. The Bertz CT molecular complexity index is 933. The summed E-state index contributed by atoms with van der Waals surface area (Å²) < 4.78 is 22.7. The molecule has 0 radical (unpaired) electrons. The van der Waals surface area contributed by atoms with E-state index in [4.69, 9.17) is 9.05 Å². The van der Waals surface area contributed by atoms with Gasteiger partial charge >= 0.3 is 0 Å². The minimum atomic E-state index is -4.56. The van der Waals surface area contributed by atoms with Crippen LogP contribution in [0.4, 0.5) is 0 Å². The lowest BCUT2D eigenvalue weighted by Crippen LogP contribution is -2.45. The first-order valence-electron chi connectivity index (χ1n) is 20.9. The van der Waals surface area contributed by atoms with E-state index in [1.807, 2.05) is 34.1 Å². The molecule has 0 aromatic heterocycles. The molecule has 0 aromatic carbocycles. The van der Waals surface area contributed by atoms with Crippen molar-refractivity contribution in [2.24, 2.45) is 0 Å². The molecule has 1 amide bonds.